The van der Waals surface area contributed by atoms with E-state index in [0.717, 1.165) is 0 Å². The van der Waals surface area contributed by atoms with Gasteiger partial charge in [0.25, 0.3) is 0 Å². The van der Waals surface area contributed by atoms with E-state index in [2.05, 4.69) is 5.32 Å². The van der Waals surface area contributed by atoms with Gasteiger partial charge >= 0.3 is 0 Å². The van der Waals surface area contributed by atoms with E-state index >= 15 is 0 Å². The molecule has 1 aliphatic rings. The molecular formula is C9H17NO5. The molecule has 1 amide bonds. The molecule has 15 heavy (non-hydrogen) atoms. The smallest absolute Gasteiger partial charge is 0.217 e. The second kappa shape index (κ2) is 4.89. The Bertz CT molecular complexity index is 235. The van der Waals surface area contributed by atoms with Crippen LogP contribution in [0, 0.1) is 5.92 Å². The molecule has 1 aliphatic carbocycles. The van der Waals surface area contributed by atoms with Gasteiger partial charge in [0.2, 0.25) is 5.91 Å². The van der Waals surface area contributed by atoms with Crippen molar-refractivity contribution in [3.8, 4) is 0 Å². The SMILES string of the molecule is CC(=O)N[C@H]1[C@@H](O)[C@H](O)[C@@H](CO)C[C@@H]1O. The Balaban J connectivity index is 2.70. The van der Waals surface area contributed by atoms with Crippen molar-refractivity contribution >= 4 is 5.91 Å². The summed E-state index contributed by atoms with van der Waals surface area (Å²) >= 11 is 0. The fourth-order valence-corrected chi connectivity index (χ4v) is 1.91. The average Bonchev–Trinajstić information content (AvgIpc) is 2.18. The molecule has 6 heteroatoms. The Morgan fingerprint density at radius 2 is 1.93 bits per heavy atom. The van der Waals surface area contributed by atoms with Gasteiger partial charge in [-0.05, 0) is 6.42 Å². The molecule has 6 nitrogen and oxygen atoms in total. The van der Waals surface area contributed by atoms with Crippen molar-refractivity contribution in [2.75, 3.05) is 6.61 Å². The molecular weight excluding hydrogens is 202 g/mol. The van der Waals surface area contributed by atoms with Crippen LogP contribution in [-0.4, -0.2) is 57.3 Å². The van der Waals surface area contributed by atoms with Gasteiger partial charge in [-0.15, -0.1) is 0 Å². The topological polar surface area (TPSA) is 110 Å². The second-order valence-electron chi connectivity index (χ2n) is 3.95. The lowest BCUT2D eigenvalue weighted by Crippen LogP contribution is -2.60. The van der Waals surface area contributed by atoms with Crippen molar-refractivity contribution in [3.05, 3.63) is 0 Å². The molecule has 0 spiro atoms. The highest BCUT2D eigenvalue weighted by Crippen LogP contribution is 2.25. The Morgan fingerprint density at radius 1 is 1.33 bits per heavy atom. The Labute approximate surface area is 87.5 Å². The summed E-state index contributed by atoms with van der Waals surface area (Å²) in [7, 11) is 0. The lowest BCUT2D eigenvalue weighted by atomic mass is 9.80. The van der Waals surface area contributed by atoms with Crippen molar-refractivity contribution in [1.29, 1.82) is 0 Å². The summed E-state index contributed by atoms with van der Waals surface area (Å²) in [6, 6.07) is -0.875. The quantitative estimate of drug-likeness (QED) is 0.355. The van der Waals surface area contributed by atoms with Crippen LogP contribution in [0.2, 0.25) is 0 Å². The van der Waals surface area contributed by atoms with Gasteiger partial charge in [0, 0.05) is 19.4 Å². The Kier molecular flexibility index (Phi) is 4.04. The first-order valence-electron chi connectivity index (χ1n) is 4.89. The Morgan fingerprint density at radius 3 is 2.40 bits per heavy atom. The molecule has 0 aliphatic heterocycles. The molecule has 0 bridgehead atoms. The predicted molar refractivity (Wildman–Crippen MR) is 50.8 cm³/mol. The highest BCUT2D eigenvalue weighted by Gasteiger charge is 2.42. The van der Waals surface area contributed by atoms with Gasteiger partial charge in [-0.25, -0.2) is 0 Å². The molecule has 1 rings (SSSR count). The maximum absolute atomic E-state index is 10.8. The van der Waals surface area contributed by atoms with E-state index in [0.29, 0.717) is 0 Å². The van der Waals surface area contributed by atoms with Gasteiger partial charge in [0.15, 0.2) is 0 Å². The summed E-state index contributed by atoms with van der Waals surface area (Å²) in [5.41, 5.74) is 0. The number of hydrogen-bond acceptors (Lipinski definition) is 5. The van der Waals surface area contributed by atoms with E-state index in [4.69, 9.17) is 5.11 Å². The van der Waals surface area contributed by atoms with Crippen molar-refractivity contribution in [3.63, 3.8) is 0 Å². The molecule has 1 saturated carbocycles. The van der Waals surface area contributed by atoms with Crippen LogP contribution < -0.4 is 5.32 Å². The fourth-order valence-electron chi connectivity index (χ4n) is 1.91. The summed E-state index contributed by atoms with van der Waals surface area (Å²) in [4.78, 5) is 10.8. The lowest BCUT2D eigenvalue weighted by Gasteiger charge is -2.40. The van der Waals surface area contributed by atoms with Gasteiger partial charge < -0.3 is 25.7 Å². The molecule has 1 fully saturated rings. The third kappa shape index (κ3) is 2.66. The van der Waals surface area contributed by atoms with Crippen molar-refractivity contribution in [2.45, 2.75) is 37.7 Å². The van der Waals surface area contributed by atoms with E-state index in [1.165, 1.54) is 6.92 Å². The average molecular weight is 219 g/mol. The molecule has 88 valence electrons. The van der Waals surface area contributed by atoms with Crippen molar-refractivity contribution in [1.82, 2.24) is 5.32 Å². The molecule has 0 aromatic rings. The van der Waals surface area contributed by atoms with Gasteiger partial charge in [0.05, 0.1) is 18.2 Å². The predicted octanol–water partition coefficient (Wildman–Crippen LogP) is -2.41. The number of rotatable bonds is 2. The summed E-state index contributed by atoms with van der Waals surface area (Å²) in [5, 5.41) is 40.1. The van der Waals surface area contributed by atoms with Gasteiger partial charge in [-0.1, -0.05) is 0 Å². The molecule has 0 aromatic heterocycles. The molecule has 0 saturated heterocycles. The highest BCUT2D eigenvalue weighted by molar-refractivity contribution is 5.73. The summed E-state index contributed by atoms with van der Waals surface area (Å²) in [6.07, 6.45) is -3.19. The van der Waals surface area contributed by atoms with E-state index in [-0.39, 0.29) is 18.9 Å². The van der Waals surface area contributed by atoms with Crippen LogP contribution in [0.1, 0.15) is 13.3 Å². The zero-order chi connectivity index (χ0) is 11.6. The fraction of sp³-hybridized carbons (Fsp3) is 0.889. The molecule has 0 radical (unpaired) electrons. The third-order valence-corrected chi connectivity index (χ3v) is 2.76. The zero-order valence-corrected chi connectivity index (χ0v) is 8.50. The standard InChI is InChI=1S/C9H17NO5/c1-4(12)10-7-6(13)2-5(3-11)8(14)9(7)15/h5-9,11,13-15H,2-3H2,1H3,(H,10,12)/t5-,6+,7-,8-,9-/m1/s1. The summed E-state index contributed by atoms with van der Waals surface area (Å²) < 4.78 is 0. The minimum absolute atomic E-state index is 0.152. The largest absolute Gasteiger partial charge is 0.396 e. The number of amides is 1. The minimum Gasteiger partial charge on any atom is -0.396 e. The maximum Gasteiger partial charge on any atom is 0.217 e. The number of aliphatic hydroxyl groups is 4. The highest BCUT2D eigenvalue weighted by atomic mass is 16.3. The van der Waals surface area contributed by atoms with Crippen molar-refractivity contribution < 1.29 is 25.2 Å². The van der Waals surface area contributed by atoms with Crippen LogP contribution in [0.5, 0.6) is 0 Å². The molecule has 5 N–H and O–H groups in total. The van der Waals surface area contributed by atoms with Crippen LogP contribution in [0.4, 0.5) is 0 Å². The third-order valence-electron chi connectivity index (χ3n) is 2.76. The van der Waals surface area contributed by atoms with Crippen LogP contribution in [0.15, 0.2) is 0 Å². The maximum atomic E-state index is 10.8. The van der Waals surface area contributed by atoms with Crippen LogP contribution in [0.3, 0.4) is 0 Å². The van der Waals surface area contributed by atoms with Gasteiger partial charge in [0.1, 0.15) is 6.10 Å². The van der Waals surface area contributed by atoms with Gasteiger partial charge in [-0.3, -0.25) is 4.79 Å². The zero-order valence-electron chi connectivity index (χ0n) is 8.50. The van der Waals surface area contributed by atoms with Crippen molar-refractivity contribution in [2.24, 2.45) is 5.92 Å². The molecule has 0 heterocycles. The first kappa shape index (κ1) is 12.4. The van der Waals surface area contributed by atoms with Gasteiger partial charge in [-0.2, -0.15) is 0 Å². The molecule has 0 aromatic carbocycles. The summed E-state index contributed by atoms with van der Waals surface area (Å²) in [5.74, 6) is -0.937. The van der Waals surface area contributed by atoms with E-state index in [1.807, 2.05) is 0 Å². The first-order chi connectivity index (χ1) is 6.97. The van der Waals surface area contributed by atoms with E-state index in [9.17, 15) is 20.1 Å². The normalized spacial score (nSPS) is 41.3. The minimum atomic E-state index is -1.25. The lowest BCUT2D eigenvalue weighted by molar-refractivity contribution is -0.133. The Hall–Kier alpha value is -0.690. The van der Waals surface area contributed by atoms with Crippen LogP contribution in [0.25, 0.3) is 0 Å². The number of carbonyl (C=O) groups is 1. The molecule has 0 unspecified atom stereocenters. The number of aliphatic hydroxyl groups excluding tert-OH is 4. The number of hydrogen-bond donors (Lipinski definition) is 5. The molecule has 5 atom stereocenters. The number of carbonyl (C=O) groups excluding carboxylic acids is 1. The number of nitrogens with one attached hydrogen (secondary N) is 1. The van der Waals surface area contributed by atoms with E-state index < -0.39 is 30.3 Å². The monoisotopic (exact) mass is 219 g/mol. The summed E-state index contributed by atoms with van der Waals surface area (Å²) in [6.45, 7) is 0.964. The van der Waals surface area contributed by atoms with E-state index in [1.54, 1.807) is 0 Å². The van der Waals surface area contributed by atoms with Crippen LogP contribution in [-0.2, 0) is 4.79 Å². The second-order valence-corrected chi connectivity index (χ2v) is 3.95. The first-order valence-corrected chi connectivity index (χ1v) is 4.89. The van der Waals surface area contributed by atoms with Crippen LogP contribution >= 0.6 is 0 Å².